The van der Waals surface area contributed by atoms with Crippen molar-refractivity contribution in [3.8, 4) is 0 Å². The van der Waals surface area contributed by atoms with Crippen molar-refractivity contribution in [1.29, 1.82) is 0 Å². The zero-order chi connectivity index (χ0) is 17.7. The van der Waals surface area contributed by atoms with E-state index in [1.807, 2.05) is 24.3 Å². The van der Waals surface area contributed by atoms with Crippen LogP contribution in [0.1, 0.15) is 50.4 Å². The van der Waals surface area contributed by atoms with Crippen LogP contribution in [0.15, 0.2) is 47.1 Å². The molecule has 1 aliphatic rings. The van der Waals surface area contributed by atoms with E-state index in [-0.39, 0.29) is 17.3 Å². The van der Waals surface area contributed by atoms with Crippen LogP contribution in [0.2, 0.25) is 0 Å². The molecule has 3 nitrogen and oxygen atoms in total. The highest BCUT2D eigenvalue weighted by Gasteiger charge is 2.28. The van der Waals surface area contributed by atoms with Crippen LogP contribution in [0.4, 0.5) is 4.39 Å². The van der Waals surface area contributed by atoms with Gasteiger partial charge in [-0.15, -0.1) is 0 Å². The van der Waals surface area contributed by atoms with E-state index in [0.29, 0.717) is 5.92 Å². The van der Waals surface area contributed by atoms with Gasteiger partial charge >= 0.3 is 0 Å². The van der Waals surface area contributed by atoms with Crippen molar-refractivity contribution in [2.75, 3.05) is 19.7 Å². The quantitative estimate of drug-likeness (QED) is 0.736. The van der Waals surface area contributed by atoms with Crippen LogP contribution in [-0.4, -0.2) is 25.3 Å². The Bertz CT molecular complexity index is 636. The first-order chi connectivity index (χ1) is 12.0. The molecule has 3 rings (SSSR count). The first kappa shape index (κ1) is 18.2. The Labute approximate surface area is 149 Å². The minimum Gasteiger partial charge on any atom is -0.469 e. The fourth-order valence-electron chi connectivity index (χ4n) is 3.74. The highest BCUT2D eigenvalue weighted by Crippen LogP contribution is 2.29. The maximum absolute atomic E-state index is 13.2. The van der Waals surface area contributed by atoms with Crippen LogP contribution in [0.3, 0.4) is 0 Å². The number of benzene rings is 1. The van der Waals surface area contributed by atoms with E-state index in [1.165, 1.54) is 12.1 Å². The van der Waals surface area contributed by atoms with E-state index < -0.39 is 0 Å². The van der Waals surface area contributed by atoms with Gasteiger partial charge in [-0.3, -0.25) is 0 Å². The minimum atomic E-state index is -0.206. The molecule has 1 fully saturated rings. The summed E-state index contributed by atoms with van der Waals surface area (Å²) in [6.45, 7) is 7.10. The van der Waals surface area contributed by atoms with Crippen LogP contribution in [0.5, 0.6) is 0 Å². The molecule has 0 unspecified atom stereocenters. The Morgan fingerprint density at radius 3 is 2.72 bits per heavy atom. The van der Waals surface area contributed by atoms with Gasteiger partial charge < -0.3 is 14.5 Å². The van der Waals surface area contributed by atoms with Gasteiger partial charge in [-0.2, -0.15) is 0 Å². The molecule has 2 aromatic rings. The van der Waals surface area contributed by atoms with E-state index in [0.717, 1.165) is 50.3 Å². The number of nitrogens with one attached hydrogen (secondary N) is 1. The third-order valence-electron chi connectivity index (χ3n) is 5.00. The first-order valence-electron chi connectivity index (χ1n) is 9.17. The molecule has 1 N–H and O–H groups in total. The molecule has 1 aromatic heterocycles. The first-order valence-corrected chi connectivity index (χ1v) is 9.17. The molecule has 0 bridgehead atoms. The maximum atomic E-state index is 13.2. The maximum Gasteiger partial charge on any atom is 0.123 e. The molecule has 2 heterocycles. The summed E-state index contributed by atoms with van der Waals surface area (Å²) in [5.41, 5.74) is 1.08. The lowest BCUT2D eigenvalue weighted by Crippen LogP contribution is -2.38. The molecule has 4 heteroatoms. The molecule has 1 aromatic carbocycles. The van der Waals surface area contributed by atoms with Crippen molar-refractivity contribution in [3.05, 3.63) is 59.8 Å². The van der Waals surface area contributed by atoms with Crippen molar-refractivity contribution < 1.29 is 13.5 Å². The smallest absolute Gasteiger partial charge is 0.123 e. The highest BCUT2D eigenvalue weighted by atomic mass is 19.1. The molecule has 0 radical (unpaired) electrons. The standard InChI is InChI=1S/C21H28FNO2/c1-21(2)14-16(10-13-25-21)15-23-11-9-19(20-4-3-12-24-20)17-5-7-18(22)8-6-17/h3-8,12,16,19,23H,9-11,13-15H2,1-2H3/t16-,19-/m0/s1. The number of ether oxygens (including phenoxy) is 1. The molecule has 0 saturated carbocycles. The summed E-state index contributed by atoms with van der Waals surface area (Å²) in [7, 11) is 0. The van der Waals surface area contributed by atoms with Crippen LogP contribution in [0.25, 0.3) is 0 Å². The summed E-state index contributed by atoms with van der Waals surface area (Å²) in [4.78, 5) is 0. The van der Waals surface area contributed by atoms with E-state index in [4.69, 9.17) is 9.15 Å². The second-order valence-corrected chi connectivity index (χ2v) is 7.58. The largest absolute Gasteiger partial charge is 0.469 e. The zero-order valence-electron chi connectivity index (χ0n) is 15.1. The van der Waals surface area contributed by atoms with Crippen LogP contribution in [0, 0.1) is 11.7 Å². The lowest BCUT2D eigenvalue weighted by atomic mass is 9.88. The van der Waals surface area contributed by atoms with Gasteiger partial charge in [-0.1, -0.05) is 12.1 Å². The minimum absolute atomic E-state index is 0.00455. The van der Waals surface area contributed by atoms with Gasteiger partial charge in [0, 0.05) is 12.5 Å². The van der Waals surface area contributed by atoms with E-state index in [9.17, 15) is 4.39 Å². The predicted molar refractivity (Wildman–Crippen MR) is 97.2 cm³/mol. The number of halogens is 1. The Balaban J connectivity index is 1.54. The summed E-state index contributed by atoms with van der Waals surface area (Å²) < 4.78 is 24.6. The molecule has 136 valence electrons. The van der Waals surface area contributed by atoms with Crippen molar-refractivity contribution in [2.24, 2.45) is 5.92 Å². The van der Waals surface area contributed by atoms with Gasteiger partial charge in [-0.05, 0) is 81.9 Å². The van der Waals surface area contributed by atoms with Crippen molar-refractivity contribution >= 4 is 0 Å². The predicted octanol–water partition coefficient (Wildman–Crippen LogP) is 4.74. The van der Waals surface area contributed by atoms with Crippen LogP contribution in [-0.2, 0) is 4.74 Å². The lowest BCUT2D eigenvalue weighted by Gasteiger charge is -2.35. The topological polar surface area (TPSA) is 34.4 Å². The van der Waals surface area contributed by atoms with Gasteiger partial charge in [0.15, 0.2) is 0 Å². The fraction of sp³-hybridized carbons (Fsp3) is 0.524. The molecule has 0 spiro atoms. The van der Waals surface area contributed by atoms with Gasteiger partial charge in [-0.25, -0.2) is 4.39 Å². The fourth-order valence-corrected chi connectivity index (χ4v) is 3.74. The molecule has 25 heavy (non-hydrogen) atoms. The number of hydrogen-bond donors (Lipinski definition) is 1. The summed E-state index contributed by atoms with van der Waals surface area (Å²) >= 11 is 0. The Morgan fingerprint density at radius 2 is 2.04 bits per heavy atom. The van der Waals surface area contributed by atoms with Crippen molar-refractivity contribution in [1.82, 2.24) is 5.32 Å². The zero-order valence-corrected chi connectivity index (χ0v) is 15.1. The monoisotopic (exact) mass is 345 g/mol. The van der Waals surface area contributed by atoms with E-state index in [2.05, 4.69) is 19.2 Å². The Kier molecular flexibility index (Phi) is 5.92. The summed E-state index contributed by atoms with van der Waals surface area (Å²) in [6, 6.07) is 10.6. The highest BCUT2D eigenvalue weighted by molar-refractivity contribution is 5.27. The van der Waals surface area contributed by atoms with Gasteiger partial charge in [0.25, 0.3) is 0 Å². The van der Waals surface area contributed by atoms with Crippen LogP contribution < -0.4 is 5.32 Å². The van der Waals surface area contributed by atoms with Gasteiger partial charge in [0.1, 0.15) is 11.6 Å². The summed E-state index contributed by atoms with van der Waals surface area (Å²) in [6.07, 6.45) is 4.84. The second kappa shape index (κ2) is 8.15. The van der Waals surface area contributed by atoms with Gasteiger partial charge in [0.2, 0.25) is 0 Å². The summed E-state index contributed by atoms with van der Waals surface area (Å²) in [5, 5.41) is 3.60. The molecular weight excluding hydrogens is 317 g/mol. The van der Waals surface area contributed by atoms with Crippen molar-refractivity contribution in [2.45, 2.75) is 44.6 Å². The third-order valence-corrected chi connectivity index (χ3v) is 5.00. The lowest BCUT2D eigenvalue weighted by molar-refractivity contribution is -0.0717. The Hall–Kier alpha value is -1.65. The molecule has 0 aliphatic carbocycles. The molecule has 1 saturated heterocycles. The molecular formula is C21H28FNO2. The third kappa shape index (κ3) is 5.16. The van der Waals surface area contributed by atoms with E-state index >= 15 is 0 Å². The molecule has 2 atom stereocenters. The number of rotatable bonds is 7. The SMILES string of the molecule is CC1(C)C[C@@H](CNCC[C@@H](c2ccc(F)cc2)c2ccco2)CCO1. The average molecular weight is 345 g/mol. The van der Waals surface area contributed by atoms with Crippen LogP contribution >= 0.6 is 0 Å². The van der Waals surface area contributed by atoms with E-state index in [1.54, 1.807) is 6.26 Å². The Morgan fingerprint density at radius 1 is 1.24 bits per heavy atom. The van der Waals surface area contributed by atoms with Gasteiger partial charge in [0.05, 0.1) is 11.9 Å². The normalized spacial score (nSPS) is 21.2. The van der Waals surface area contributed by atoms with Crippen molar-refractivity contribution in [3.63, 3.8) is 0 Å². The number of furan rings is 1. The second-order valence-electron chi connectivity index (χ2n) is 7.58. The average Bonchev–Trinajstić information content (AvgIpc) is 3.09. The molecule has 0 amide bonds. The number of hydrogen-bond acceptors (Lipinski definition) is 3. The summed E-state index contributed by atoms with van der Waals surface area (Å²) in [5.74, 6) is 1.54. The molecule has 1 aliphatic heterocycles.